The molecule has 0 aliphatic carbocycles. The fourth-order valence-corrected chi connectivity index (χ4v) is 2.75. The van der Waals surface area contributed by atoms with Gasteiger partial charge in [-0.25, -0.2) is 0 Å². The van der Waals surface area contributed by atoms with Crippen molar-refractivity contribution in [3.8, 4) is 5.75 Å². The molecule has 0 unspecified atom stereocenters. The zero-order valence-electron chi connectivity index (χ0n) is 12.5. The van der Waals surface area contributed by atoms with Crippen LogP contribution in [0.1, 0.15) is 32.4 Å². The van der Waals surface area contributed by atoms with E-state index in [9.17, 15) is 0 Å². The molecule has 0 saturated heterocycles. The van der Waals surface area contributed by atoms with Crippen LogP contribution in [0.5, 0.6) is 5.75 Å². The van der Waals surface area contributed by atoms with Gasteiger partial charge in [-0.15, -0.1) is 0 Å². The van der Waals surface area contributed by atoms with E-state index in [-0.39, 0.29) is 5.41 Å². The molecule has 3 rings (SSSR count). The molecule has 1 N–H and O–H groups in total. The van der Waals surface area contributed by atoms with E-state index >= 15 is 0 Å². The van der Waals surface area contributed by atoms with Crippen LogP contribution in [-0.2, 0) is 5.41 Å². The average molecular weight is 254 g/mol. The smallest absolute Gasteiger partial charge is 0.118 e. The Labute approximate surface area is 115 Å². The van der Waals surface area contributed by atoms with Crippen LogP contribution in [0.4, 0.5) is 5.69 Å². The molecule has 1 aliphatic rings. The summed E-state index contributed by atoms with van der Waals surface area (Å²) in [6.07, 6.45) is 0. The average Bonchev–Trinajstić information content (AvgIpc) is 2.67. The molecular weight excluding hydrogens is 234 g/mol. The third-order valence-electron chi connectivity index (χ3n) is 3.86. The molecule has 0 saturated carbocycles. The van der Waals surface area contributed by atoms with E-state index in [0.717, 1.165) is 17.0 Å². The molecule has 0 amide bonds. The van der Waals surface area contributed by atoms with Gasteiger partial charge in [-0.1, -0.05) is 44.2 Å². The summed E-state index contributed by atoms with van der Waals surface area (Å²) in [5.41, 5.74) is 2.87. The first kappa shape index (κ1) is 10.9. The molecule has 0 bridgehead atoms. The van der Waals surface area contributed by atoms with Crippen LogP contribution in [0.2, 0.25) is 0 Å². The Morgan fingerprint density at radius 1 is 1.11 bits per heavy atom. The lowest BCUT2D eigenvalue weighted by atomic mass is 9.78. The van der Waals surface area contributed by atoms with E-state index in [1.807, 2.05) is 42.5 Å². The van der Waals surface area contributed by atoms with Crippen LogP contribution in [0.3, 0.4) is 0 Å². The highest BCUT2D eigenvalue weighted by Gasteiger charge is 2.39. The van der Waals surface area contributed by atoms with Crippen molar-refractivity contribution in [3.63, 3.8) is 0 Å². The standard InChI is InChI=1S/C17H19NO/c1-17(2)14-6-4-5-7-15(14)18-16(17)12-8-10-13(19-3)11-9-12/h4-11,16,18H,1-3H3/t16-/m0/s1/i16D. The molecule has 0 aromatic heterocycles. The Morgan fingerprint density at radius 2 is 1.79 bits per heavy atom. The van der Waals surface area contributed by atoms with E-state index in [1.165, 1.54) is 5.56 Å². The van der Waals surface area contributed by atoms with Gasteiger partial charge < -0.3 is 10.1 Å². The van der Waals surface area contributed by atoms with Crippen molar-refractivity contribution in [2.24, 2.45) is 0 Å². The highest BCUT2D eigenvalue weighted by Crippen LogP contribution is 2.48. The van der Waals surface area contributed by atoms with E-state index in [2.05, 4.69) is 25.2 Å². The first-order chi connectivity index (χ1) is 9.49. The van der Waals surface area contributed by atoms with Crippen molar-refractivity contribution in [1.82, 2.24) is 0 Å². The Hall–Kier alpha value is -1.96. The number of ether oxygens (including phenoxy) is 1. The van der Waals surface area contributed by atoms with Crippen molar-refractivity contribution >= 4 is 5.69 Å². The summed E-state index contributed by atoms with van der Waals surface area (Å²) in [5.74, 6) is 0.811. The molecule has 2 aromatic rings. The zero-order chi connectivity index (χ0) is 14.4. The molecule has 1 heterocycles. The minimum atomic E-state index is -0.872. The molecule has 2 nitrogen and oxygen atoms in total. The third-order valence-corrected chi connectivity index (χ3v) is 3.86. The lowest BCUT2D eigenvalue weighted by Gasteiger charge is -2.28. The van der Waals surface area contributed by atoms with Crippen molar-refractivity contribution < 1.29 is 6.11 Å². The van der Waals surface area contributed by atoms with Crippen molar-refractivity contribution in [2.75, 3.05) is 12.4 Å². The van der Waals surface area contributed by atoms with Crippen LogP contribution in [0, 0.1) is 0 Å². The SMILES string of the molecule is [2H][C@@]1(c2ccc(OC)cc2)Nc2ccccc2C1(C)C. The predicted molar refractivity (Wildman–Crippen MR) is 78.8 cm³/mol. The van der Waals surface area contributed by atoms with E-state index in [1.54, 1.807) is 7.11 Å². The van der Waals surface area contributed by atoms with Gasteiger partial charge in [-0.3, -0.25) is 0 Å². The quantitative estimate of drug-likeness (QED) is 0.869. The summed E-state index contributed by atoms with van der Waals surface area (Å²) < 4.78 is 14.2. The van der Waals surface area contributed by atoms with E-state index < -0.39 is 6.02 Å². The summed E-state index contributed by atoms with van der Waals surface area (Å²) >= 11 is 0. The number of hydrogen-bond acceptors (Lipinski definition) is 2. The number of nitrogens with one attached hydrogen (secondary N) is 1. The number of rotatable bonds is 2. The Balaban J connectivity index is 2.09. The Morgan fingerprint density at radius 3 is 2.42 bits per heavy atom. The molecule has 98 valence electrons. The van der Waals surface area contributed by atoms with Crippen molar-refractivity contribution in [3.05, 3.63) is 59.7 Å². The Bertz CT molecular complexity index is 636. The van der Waals surface area contributed by atoms with Gasteiger partial charge in [0.2, 0.25) is 0 Å². The number of hydrogen-bond donors (Lipinski definition) is 1. The Kier molecular flexibility index (Phi) is 2.47. The highest BCUT2D eigenvalue weighted by molar-refractivity contribution is 5.63. The molecule has 0 fully saturated rings. The summed E-state index contributed by atoms with van der Waals surface area (Å²) in [5, 5.41) is 3.38. The maximum Gasteiger partial charge on any atom is 0.118 e. The predicted octanol–water partition coefficient (Wildman–Crippen LogP) is 4.14. The molecule has 1 aliphatic heterocycles. The van der Waals surface area contributed by atoms with Crippen LogP contribution < -0.4 is 10.1 Å². The molecule has 0 spiro atoms. The summed E-state index contributed by atoms with van der Waals surface area (Å²) in [7, 11) is 1.65. The summed E-state index contributed by atoms with van der Waals surface area (Å²) in [4.78, 5) is 0. The van der Waals surface area contributed by atoms with Gasteiger partial charge in [0, 0.05) is 11.1 Å². The van der Waals surface area contributed by atoms with Crippen molar-refractivity contribution in [1.29, 1.82) is 0 Å². The molecule has 19 heavy (non-hydrogen) atoms. The number of fused-ring (bicyclic) bond motifs is 1. The highest BCUT2D eigenvalue weighted by atomic mass is 16.5. The number of para-hydroxylation sites is 1. The van der Waals surface area contributed by atoms with E-state index in [4.69, 9.17) is 6.11 Å². The fourth-order valence-electron chi connectivity index (χ4n) is 2.75. The maximum absolute atomic E-state index is 8.99. The fraction of sp³-hybridized carbons (Fsp3) is 0.294. The minimum absolute atomic E-state index is 0.307. The summed E-state index contributed by atoms with van der Waals surface area (Å²) in [6.45, 7) is 4.23. The first-order valence-electron chi connectivity index (χ1n) is 7.01. The van der Waals surface area contributed by atoms with E-state index in [0.29, 0.717) is 0 Å². The molecular formula is C17H19NO. The normalized spacial score (nSPS) is 24.3. The van der Waals surface area contributed by atoms with Gasteiger partial charge in [0.25, 0.3) is 0 Å². The van der Waals surface area contributed by atoms with Gasteiger partial charge >= 0.3 is 0 Å². The largest absolute Gasteiger partial charge is 0.497 e. The monoisotopic (exact) mass is 254 g/mol. The molecule has 2 aromatic carbocycles. The summed E-state index contributed by atoms with van der Waals surface area (Å²) in [6, 6.07) is 15.0. The van der Waals surface area contributed by atoms with Crippen molar-refractivity contribution in [2.45, 2.75) is 25.3 Å². The second-order valence-corrected chi connectivity index (χ2v) is 5.40. The van der Waals surface area contributed by atoms with Gasteiger partial charge in [0.05, 0.1) is 14.5 Å². The second-order valence-electron chi connectivity index (χ2n) is 5.40. The molecule has 0 radical (unpaired) electrons. The van der Waals surface area contributed by atoms with Gasteiger partial charge in [-0.2, -0.15) is 0 Å². The van der Waals surface area contributed by atoms with Crippen LogP contribution in [0.25, 0.3) is 0 Å². The molecule has 2 heteroatoms. The maximum atomic E-state index is 8.99. The minimum Gasteiger partial charge on any atom is -0.497 e. The topological polar surface area (TPSA) is 21.3 Å². The second kappa shape index (κ2) is 4.30. The number of anilines is 1. The van der Waals surface area contributed by atoms with Gasteiger partial charge in [0.1, 0.15) is 5.75 Å². The van der Waals surface area contributed by atoms with Gasteiger partial charge in [-0.05, 0) is 29.3 Å². The lowest BCUT2D eigenvalue weighted by molar-refractivity contribution is 0.414. The van der Waals surface area contributed by atoms with Crippen LogP contribution in [-0.4, -0.2) is 7.11 Å². The van der Waals surface area contributed by atoms with Crippen LogP contribution >= 0.6 is 0 Å². The van der Waals surface area contributed by atoms with Crippen LogP contribution in [0.15, 0.2) is 48.5 Å². The lowest BCUT2D eigenvalue weighted by Crippen LogP contribution is -2.25. The third kappa shape index (κ3) is 1.88. The number of methoxy groups -OCH3 is 1. The van der Waals surface area contributed by atoms with Gasteiger partial charge in [0.15, 0.2) is 0 Å². The first-order valence-corrected chi connectivity index (χ1v) is 6.51. The molecule has 1 atom stereocenters. The zero-order valence-corrected chi connectivity index (χ0v) is 11.5. The number of benzene rings is 2.